The van der Waals surface area contributed by atoms with E-state index in [0.717, 1.165) is 10.5 Å². The van der Waals surface area contributed by atoms with E-state index in [1.165, 1.54) is 24.1 Å². The van der Waals surface area contributed by atoms with Gasteiger partial charge in [0, 0.05) is 10.4 Å². The summed E-state index contributed by atoms with van der Waals surface area (Å²) in [4.78, 5) is 40.9. The van der Waals surface area contributed by atoms with E-state index in [1.54, 1.807) is 31.2 Å². The van der Waals surface area contributed by atoms with E-state index in [-0.39, 0.29) is 34.9 Å². The van der Waals surface area contributed by atoms with Crippen LogP contribution in [0.15, 0.2) is 86.9 Å². The van der Waals surface area contributed by atoms with Crippen LogP contribution in [0.4, 0.5) is 15.8 Å². The number of anilines is 1. The van der Waals surface area contributed by atoms with Crippen molar-refractivity contribution in [1.29, 1.82) is 0 Å². The fourth-order valence-electron chi connectivity index (χ4n) is 7.16. The van der Waals surface area contributed by atoms with Gasteiger partial charge in [-0.05, 0) is 68.3 Å². The van der Waals surface area contributed by atoms with Gasteiger partial charge in [0.25, 0.3) is 5.91 Å². The highest BCUT2D eigenvalue weighted by molar-refractivity contribution is 9.10. The molecule has 1 saturated carbocycles. The lowest BCUT2D eigenvalue weighted by atomic mass is 9.52. The number of carbonyl (C=O) groups excluding carboxylic acids is 2. The number of Topliss-reactive ketones (excluding diaryl/α,β-unsaturated/α-hetero) is 1. The number of aryl methyl sites for hydroxylation is 1. The Morgan fingerprint density at radius 3 is 2.57 bits per heavy atom. The van der Waals surface area contributed by atoms with Gasteiger partial charge in [-0.25, -0.2) is 4.39 Å². The van der Waals surface area contributed by atoms with Gasteiger partial charge in [-0.2, -0.15) is 10.1 Å². The number of ether oxygens (including phenoxy) is 1. The first-order chi connectivity index (χ1) is 21.1. The van der Waals surface area contributed by atoms with Gasteiger partial charge < -0.3 is 9.26 Å². The molecule has 10 nitrogen and oxygen atoms in total. The predicted molar refractivity (Wildman–Crippen MR) is 160 cm³/mol. The molecule has 0 radical (unpaired) electrons. The molecule has 3 aliphatic rings. The maximum Gasteiger partial charge on any atom is 0.334 e. The molecule has 3 heterocycles. The van der Waals surface area contributed by atoms with Crippen molar-refractivity contribution in [3.63, 3.8) is 0 Å². The minimum Gasteiger partial charge on any atom is -0.488 e. The highest BCUT2D eigenvalue weighted by Crippen LogP contribution is 2.62. The molecular weight excluding hydrogens is 635 g/mol. The Morgan fingerprint density at radius 1 is 1.07 bits per heavy atom. The maximum absolute atomic E-state index is 14.9. The molecule has 0 N–H and O–H groups in total. The molecule has 4 aromatic rings. The first kappa shape index (κ1) is 28.1. The number of aromatic nitrogens is 1. The van der Waals surface area contributed by atoms with E-state index in [2.05, 4.69) is 21.1 Å². The Bertz CT molecular complexity index is 1890. The molecule has 0 unspecified atom stereocenters. The van der Waals surface area contributed by atoms with E-state index >= 15 is 0 Å². The lowest BCUT2D eigenvalue weighted by molar-refractivity contribution is -0.387. The van der Waals surface area contributed by atoms with Gasteiger partial charge >= 0.3 is 5.69 Å². The molecular formula is C32H24BrFN4O6. The largest absolute Gasteiger partial charge is 0.488 e. The van der Waals surface area contributed by atoms with Crippen LogP contribution in [-0.4, -0.2) is 33.6 Å². The molecule has 44 heavy (non-hydrogen) atoms. The summed E-state index contributed by atoms with van der Waals surface area (Å²) in [5.41, 5.74) is -0.105. The Kier molecular flexibility index (Phi) is 6.50. The third kappa shape index (κ3) is 4.04. The first-order valence-corrected chi connectivity index (χ1v) is 14.7. The second kappa shape index (κ2) is 10.2. The van der Waals surface area contributed by atoms with Gasteiger partial charge in [-0.3, -0.25) is 19.7 Å². The molecule has 3 aromatic carbocycles. The highest BCUT2D eigenvalue weighted by atomic mass is 79.9. The second-order valence-corrected chi connectivity index (χ2v) is 12.2. The van der Waals surface area contributed by atoms with Crippen molar-refractivity contribution in [2.45, 2.75) is 38.2 Å². The summed E-state index contributed by atoms with van der Waals surface area (Å²) in [7, 11) is 0. The standard InChI is InChI=1S/C32H24BrFN4O6/c1-16-27(38(41)42)30(44-36-16)25-26(18-7-6-8-19(33)13-18)32(17(2)35-37(31(32)40)21-9-4-3-5-10-21)15-23-28(39)22-14-20(34)11-12-24(22)43-29(23)25/h3-14,23,25-26,29H,15H2,1-2H3/t23-,25-,26-,29-,32-/m1/s1. The zero-order valence-electron chi connectivity index (χ0n) is 23.4. The molecule has 1 aromatic heterocycles. The molecule has 1 spiro atoms. The molecule has 222 valence electrons. The van der Waals surface area contributed by atoms with Crippen LogP contribution in [0.1, 0.15) is 52.6 Å². The summed E-state index contributed by atoms with van der Waals surface area (Å²) in [6.45, 7) is 3.19. The molecule has 1 amide bonds. The smallest absolute Gasteiger partial charge is 0.334 e. The normalized spacial score (nSPS) is 25.8. The summed E-state index contributed by atoms with van der Waals surface area (Å²) in [6.07, 6.45) is -1.04. The Morgan fingerprint density at radius 2 is 1.84 bits per heavy atom. The minimum atomic E-state index is -1.46. The molecule has 2 aliphatic heterocycles. The molecule has 1 aliphatic carbocycles. The molecule has 0 bridgehead atoms. The lowest BCUT2D eigenvalue weighted by Gasteiger charge is -2.51. The third-order valence-electron chi connectivity index (χ3n) is 9.01. The number of rotatable bonds is 4. The molecule has 7 rings (SSSR count). The second-order valence-electron chi connectivity index (χ2n) is 11.3. The van der Waals surface area contributed by atoms with Gasteiger partial charge in [0.2, 0.25) is 5.76 Å². The van der Waals surface area contributed by atoms with E-state index in [9.17, 15) is 24.1 Å². The number of benzene rings is 3. The number of nitrogens with zero attached hydrogens (tertiary/aromatic N) is 4. The van der Waals surface area contributed by atoms with Crippen LogP contribution in [0.5, 0.6) is 5.75 Å². The zero-order chi connectivity index (χ0) is 30.9. The van der Waals surface area contributed by atoms with Crippen molar-refractivity contribution in [3.05, 3.63) is 116 Å². The number of halogens is 2. The predicted octanol–water partition coefficient (Wildman–Crippen LogP) is 6.73. The van der Waals surface area contributed by atoms with Crippen LogP contribution < -0.4 is 9.75 Å². The number of hydrazone groups is 1. The number of hydrogen-bond donors (Lipinski definition) is 0. The summed E-state index contributed by atoms with van der Waals surface area (Å²) in [5.74, 6) is -4.27. The number of para-hydroxylation sites is 1. The van der Waals surface area contributed by atoms with Crippen LogP contribution >= 0.6 is 15.9 Å². The molecule has 12 heteroatoms. The fourth-order valence-corrected chi connectivity index (χ4v) is 7.58. The van der Waals surface area contributed by atoms with Crippen LogP contribution in [0.2, 0.25) is 0 Å². The molecule has 0 saturated heterocycles. The average molecular weight is 659 g/mol. The van der Waals surface area contributed by atoms with Crippen LogP contribution in [0, 0.1) is 34.2 Å². The van der Waals surface area contributed by atoms with E-state index in [1.807, 2.05) is 30.3 Å². The summed E-state index contributed by atoms with van der Waals surface area (Å²) < 4.78 is 27.3. The fraction of sp³-hybridized carbons (Fsp3) is 0.250. The number of fused-ring (bicyclic) bond motifs is 2. The summed E-state index contributed by atoms with van der Waals surface area (Å²) in [6, 6.07) is 19.9. The number of carbonyl (C=O) groups is 2. The van der Waals surface area contributed by atoms with Crippen LogP contribution in [0.25, 0.3) is 0 Å². The van der Waals surface area contributed by atoms with Crippen molar-refractivity contribution in [1.82, 2.24) is 5.16 Å². The van der Waals surface area contributed by atoms with Crippen LogP contribution in [0.3, 0.4) is 0 Å². The van der Waals surface area contributed by atoms with Gasteiger partial charge in [-0.1, -0.05) is 51.4 Å². The number of ketones is 1. The Balaban J connectivity index is 1.52. The number of amides is 1. The van der Waals surface area contributed by atoms with Crippen molar-refractivity contribution in [2.75, 3.05) is 5.01 Å². The van der Waals surface area contributed by atoms with E-state index < -0.39 is 51.7 Å². The maximum atomic E-state index is 14.9. The average Bonchev–Trinajstić information content (AvgIpc) is 3.51. The topological polar surface area (TPSA) is 128 Å². The lowest BCUT2D eigenvalue weighted by Crippen LogP contribution is -2.58. The summed E-state index contributed by atoms with van der Waals surface area (Å²) >= 11 is 3.54. The van der Waals surface area contributed by atoms with E-state index in [4.69, 9.17) is 14.4 Å². The van der Waals surface area contributed by atoms with Gasteiger partial charge in [-0.15, -0.1) is 0 Å². The molecule has 1 fully saturated rings. The SMILES string of the molecule is CC1=NN(c2ccccc2)C(=O)[C@]12C[C@@H]1C(=O)c3cc(F)ccc3O[C@H]1[C@H](c1onc(C)c1[N+](=O)[O-])[C@H]2c1cccc(Br)c1. The molecule has 5 atom stereocenters. The monoisotopic (exact) mass is 658 g/mol. The van der Waals surface area contributed by atoms with Crippen LogP contribution in [-0.2, 0) is 4.79 Å². The van der Waals surface area contributed by atoms with Gasteiger partial charge in [0.05, 0.1) is 39.1 Å². The van der Waals surface area contributed by atoms with Crippen molar-refractivity contribution >= 4 is 44.7 Å². The van der Waals surface area contributed by atoms with E-state index in [0.29, 0.717) is 17.0 Å². The van der Waals surface area contributed by atoms with Gasteiger partial charge in [0.15, 0.2) is 11.5 Å². The Hall–Kier alpha value is -4.71. The quantitative estimate of drug-likeness (QED) is 0.176. The summed E-state index contributed by atoms with van der Waals surface area (Å²) in [5, 5.41) is 22.4. The van der Waals surface area contributed by atoms with Crippen molar-refractivity contribution in [3.8, 4) is 5.75 Å². The number of hydrogen-bond acceptors (Lipinski definition) is 8. The third-order valence-corrected chi connectivity index (χ3v) is 9.50. The Labute approximate surface area is 258 Å². The zero-order valence-corrected chi connectivity index (χ0v) is 25.0. The first-order valence-electron chi connectivity index (χ1n) is 13.9. The minimum absolute atomic E-state index is 0.0292. The number of nitro groups is 1. The highest BCUT2D eigenvalue weighted by Gasteiger charge is 2.67. The van der Waals surface area contributed by atoms with Crippen molar-refractivity contribution in [2.24, 2.45) is 16.4 Å². The van der Waals surface area contributed by atoms with Gasteiger partial charge in [0.1, 0.15) is 17.7 Å². The van der Waals surface area contributed by atoms with Crippen molar-refractivity contribution < 1.29 is 28.2 Å².